The van der Waals surface area contributed by atoms with Crippen LogP contribution in [0.15, 0.2) is 42.5 Å². The van der Waals surface area contributed by atoms with E-state index in [9.17, 15) is 9.90 Å². The van der Waals surface area contributed by atoms with Gasteiger partial charge >= 0.3 is 5.97 Å². The summed E-state index contributed by atoms with van der Waals surface area (Å²) < 4.78 is 5.65. The zero-order chi connectivity index (χ0) is 16.1. The molecule has 0 aliphatic rings. The fourth-order valence-electron chi connectivity index (χ4n) is 2.18. The van der Waals surface area contributed by atoms with Gasteiger partial charge in [0.2, 0.25) is 0 Å². The van der Waals surface area contributed by atoms with Gasteiger partial charge in [0.25, 0.3) is 0 Å². The molecule has 0 amide bonds. The van der Waals surface area contributed by atoms with Crippen molar-refractivity contribution in [1.82, 2.24) is 0 Å². The summed E-state index contributed by atoms with van der Waals surface area (Å²) in [6.45, 7) is 2.46. The SMILES string of the molecule is CCOc1ccc(CC(O)C(=O)O)cc1-c1ccc(P)cc1. The van der Waals surface area contributed by atoms with Gasteiger partial charge < -0.3 is 14.9 Å². The van der Waals surface area contributed by atoms with E-state index in [1.165, 1.54) is 0 Å². The van der Waals surface area contributed by atoms with Crippen molar-refractivity contribution in [2.75, 3.05) is 6.61 Å². The third kappa shape index (κ3) is 4.06. The molecule has 2 rings (SSSR count). The predicted molar refractivity (Wildman–Crippen MR) is 89.7 cm³/mol. The standard InChI is InChI=1S/C17H19O4P/c1-2-21-16-8-3-11(10-15(18)17(19)20)9-14(16)12-4-6-13(22)7-5-12/h3-9,15,18H,2,10,22H2,1H3,(H,19,20). The van der Waals surface area contributed by atoms with Gasteiger partial charge in [-0.05, 0) is 35.5 Å². The maximum absolute atomic E-state index is 10.8. The highest BCUT2D eigenvalue weighted by atomic mass is 31.0. The Labute approximate surface area is 132 Å². The zero-order valence-electron chi connectivity index (χ0n) is 12.3. The molecule has 116 valence electrons. The number of hydrogen-bond donors (Lipinski definition) is 2. The van der Waals surface area contributed by atoms with Gasteiger partial charge in [-0.3, -0.25) is 0 Å². The Hall–Kier alpha value is -1.90. The summed E-state index contributed by atoms with van der Waals surface area (Å²) in [5, 5.41) is 19.4. The second-order valence-electron chi connectivity index (χ2n) is 4.94. The van der Waals surface area contributed by atoms with Gasteiger partial charge in [0.05, 0.1) is 6.61 Å². The highest BCUT2D eigenvalue weighted by molar-refractivity contribution is 7.27. The molecule has 4 nitrogen and oxygen atoms in total. The van der Waals surface area contributed by atoms with Crippen molar-refractivity contribution in [2.24, 2.45) is 0 Å². The average Bonchev–Trinajstić information content (AvgIpc) is 2.50. The van der Waals surface area contributed by atoms with Gasteiger partial charge in [0, 0.05) is 12.0 Å². The van der Waals surface area contributed by atoms with Crippen molar-refractivity contribution >= 4 is 20.5 Å². The van der Waals surface area contributed by atoms with E-state index in [1.807, 2.05) is 43.3 Å². The van der Waals surface area contributed by atoms with E-state index in [2.05, 4.69) is 9.24 Å². The summed E-state index contributed by atoms with van der Waals surface area (Å²) in [6.07, 6.45) is -1.34. The molecule has 0 aliphatic heterocycles. The van der Waals surface area contributed by atoms with Gasteiger partial charge in [-0.15, -0.1) is 9.24 Å². The zero-order valence-corrected chi connectivity index (χ0v) is 13.5. The molecule has 2 aromatic rings. The number of carbonyl (C=O) groups is 1. The quantitative estimate of drug-likeness (QED) is 0.802. The van der Waals surface area contributed by atoms with Crippen LogP contribution in [0.25, 0.3) is 11.1 Å². The van der Waals surface area contributed by atoms with Gasteiger partial charge in [-0.1, -0.05) is 30.3 Å². The summed E-state index contributed by atoms with van der Waals surface area (Å²) in [5.41, 5.74) is 2.63. The second-order valence-corrected chi connectivity index (χ2v) is 5.61. The van der Waals surface area contributed by atoms with E-state index >= 15 is 0 Å². The molecule has 0 bridgehead atoms. The molecule has 2 unspecified atom stereocenters. The number of aliphatic hydroxyl groups excluding tert-OH is 1. The molecule has 2 aromatic carbocycles. The fourth-order valence-corrected chi connectivity index (χ4v) is 2.38. The Bertz CT molecular complexity index is 652. The Morgan fingerprint density at radius 2 is 1.91 bits per heavy atom. The summed E-state index contributed by atoms with van der Waals surface area (Å²) in [5.74, 6) is -0.477. The number of aliphatic hydroxyl groups is 1. The Balaban J connectivity index is 2.39. The summed E-state index contributed by atoms with van der Waals surface area (Å²) in [6, 6.07) is 13.4. The molecule has 2 N–H and O–H groups in total. The lowest BCUT2D eigenvalue weighted by atomic mass is 9.99. The molecule has 2 atom stereocenters. The fraction of sp³-hybridized carbons (Fsp3) is 0.235. The molecular formula is C17H19O4P. The van der Waals surface area contributed by atoms with Crippen molar-refractivity contribution in [3.63, 3.8) is 0 Å². The van der Waals surface area contributed by atoms with Crippen LogP contribution in [0, 0.1) is 0 Å². The predicted octanol–water partition coefficient (Wildman–Crippen LogP) is 2.24. The molecule has 0 radical (unpaired) electrons. The van der Waals surface area contributed by atoms with E-state index in [1.54, 1.807) is 6.07 Å². The number of carboxylic acid groups (broad SMARTS) is 1. The number of hydrogen-bond acceptors (Lipinski definition) is 3. The molecule has 0 saturated heterocycles. The molecule has 22 heavy (non-hydrogen) atoms. The minimum atomic E-state index is -1.40. The van der Waals surface area contributed by atoms with Crippen molar-refractivity contribution < 1.29 is 19.7 Å². The number of carboxylic acids is 1. The first-order chi connectivity index (χ1) is 10.5. The Morgan fingerprint density at radius 3 is 2.50 bits per heavy atom. The smallest absolute Gasteiger partial charge is 0.332 e. The van der Waals surface area contributed by atoms with Crippen LogP contribution in [0.5, 0.6) is 5.75 Å². The van der Waals surface area contributed by atoms with E-state index < -0.39 is 12.1 Å². The van der Waals surface area contributed by atoms with E-state index in [0.29, 0.717) is 6.61 Å². The maximum Gasteiger partial charge on any atom is 0.332 e. The lowest BCUT2D eigenvalue weighted by Gasteiger charge is -2.13. The molecule has 0 aromatic heterocycles. The average molecular weight is 318 g/mol. The van der Waals surface area contributed by atoms with Crippen LogP contribution in [0.3, 0.4) is 0 Å². The number of ether oxygens (including phenoxy) is 1. The largest absolute Gasteiger partial charge is 0.493 e. The molecule has 0 aliphatic carbocycles. The van der Waals surface area contributed by atoms with Crippen molar-refractivity contribution in [3.05, 3.63) is 48.0 Å². The molecule has 0 saturated carbocycles. The third-order valence-corrected chi connectivity index (χ3v) is 3.66. The van der Waals surface area contributed by atoms with Gasteiger partial charge in [0.15, 0.2) is 6.10 Å². The van der Waals surface area contributed by atoms with Crippen LogP contribution in [-0.2, 0) is 11.2 Å². The molecule has 0 fully saturated rings. The summed E-state index contributed by atoms with van der Waals surface area (Å²) in [4.78, 5) is 10.8. The minimum Gasteiger partial charge on any atom is -0.493 e. The highest BCUT2D eigenvalue weighted by Crippen LogP contribution is 2.31. The highest BCUT2D eigenvalue weighted by Gasteiger charge is 2.15. The van der Waals surface area contributed by atoms with E-state index in [-0.39, 0.29) is 6.42 Å². The normalized spacial score (nSPS) is 12.0. The maximum atomic E-state index is 10.8. The summed E-state index contributed by atoms with van der Waals surface area (Å²) in [7, 11) is 2.63. The first-order valence-electron chi connectivity index (χ1n) is 7.03. The molecular weight excluding hydrogens is 299 g/mol. The lowest BCUT2D eigenvalue weighted by Crippen LogP contribution is -2.21. The van der Waals surface area contributed by atoms with E-state index in [4.69, 9.17) is 9.84 Å². The lowest BCUT2D eigenvalue weighted by molar-refractivity contribution is -0.146. The topological polar surface area (TPSA) is 66.8 Å². The molecule has 0 spiro atoms. The Morgan fingerprint density at radius 1 is 1.23 bits per heavy atom. The van der Waals surface area contributed by atoms with Crippen LogP contribution >= 0.6 is 9.24 Å². The van der Waals surface area contributed by atoms with Gasteiger partial charge in [-0.2, -0.15) is 0 Å². The monoisotopic (exact) mass is 318 g/mol. The van der Waals surface area contributed by atoms with Gasteiger partial charge in [0.1, 0.15) is 5.75 Å². The van der Waals surface area contributed by atoms with Crippen LogP contribution in [0.4, 0.5) is 0 Å². The van der Waals surface area contributed by atoms with Gasteiger partial charge in [-0.25, -0.2) is 4.79 Å². The first-order valence-corrected chi connectivity index (χ1v) is 7.61. The second kappa shape index (κ2) is 7.39. The molecule has 0 heterocycles. The summed E-state index contributed by atoms with van der Waals surface area (Å²) >= 11 is 0. The van der Waals surface area contributed by atoms with Crippen molar-refractivity contribution in [1.29, 1.82) is 0 Å². The van der Waals surface area contributed by atoms with Crippen LogP contribution in [0.2, 0.25) is 0 Å². The Kier molecular flexibility index (Phi) is 5.53. The van der Waals surface area contributed by atoms with Crippen LogP contribution < -0.4 is 10.0 Å². The van der Waals surface area contributed by atoms with Crippen molar-refractivity contribution in [2.45, 2.75) is 19.4 Å². The number of rotatable bonds is 6. The third-order valence-electron chi connectivity index (χ3n) is 3.28. The van der Waals surface area contributed by atoms with Crippen molar-refractivity contribution in [3.8, 4) is 16.9 Å². The minimum absolute atomic E-state index is 0.0659. The van der Waals surface area contributed by atoms with Crippen LogP contribution in [0.1, 0.15) is 12.5 Å². The van der Waals surface area contributed by atoms with Crippen LogP contribution in [-0.4, -0.2) is 28.9 Å². The number of aliphatic carboxylic acids is 1. The first kappa shape index (κ1) is 16.5. The molecule has 5 heteroatoms. The van der Waals surface area contributed by atoms with E-state index in [0.717, 1.165) is 27.7 Å². The number of benzene rings is 2.